The number of ether oxygens (including phenoxy) is 2. The van der Waals surface area contributed by atoms with E-state index in [4.69, 9.17) is 19.7 Å². The van der Waals surface area contributed by atoms with Gasteiger partial charge >= 0.3 is 23.9 Å². The van der Waals surface area contributed by atoms with Gasteiger partial charge in [0.15, 0.2) is 0 Å². The first-order chi connectivity index (χ1) is 23.1. The first kappa shape index (κ1) is 40.3. The molecule has 2 N–H and O–H groups in total. The lowest BCUT2D eigenvalue weighted by Gasteiger charge is -2.28. The number of benzene rings is 2. The van der Waals surface area contributed by atoms with E-state index in [2.05, 4.69) is 13.2 Å². The molecule has 1 aliphatic rings. The largest absolute Gasteiger partial charge is 0.481 e. The van der Waals surface area contributed by atoms with Crippen LogP contribution in [0, 0.1) is 0 Å². The van der Waals surface area contributed by atoms with E-state index in [9.17, 15) is 19.2 Å². The lowest BCUT2D eigenvalue weighted by molar-refractivity contribution is -0.145. The highest BCUT2D eigenvalue weighted by Gasteiger charge is 2.25. The highest BCUT2D eigenvalue weighted by atomic mass is 32.2. The van der Waals surface area contributed by atoms with Crippen LogP contribution in [0.25, 0.3) is 0 Å². The van der Waals surface area contributed by atoms with E-state index in [-0.39, 0.29) is 23.4 Å². The summed E-state index contributed by atoms with van der Waals surface area (Å²) in [4.78, 5) is 49.1. The predicted octanol–water partition coefficient (Wildman–Crippen LogP) is 7.14. The Morgan fingerprint density at radius 1 is 0.667 bits per heavy atom. The third kappa shape index (κ3) is 16.5. The average Bonchev–Trinajstić information content (AvgIpc) is 3.06. The first-order valence-electron chi connectivity index (χ1n) is 15.0. The molecule has 0 amide bonds. The summed E-state index contributed by atoms with van der Waals surface area (Å²) >= 11 is 10.6. The van der Waals surface area contributed by atoms with Crippen LogP contribution in [0.2, 0.25) is 0 Å². The molecule has 4 atom stereocenters. The fourth-order valence-electron chi connectivity index (χ4n) is 4.06. The highest BCUT2D eigenvalue weighted by molar-refractivity contribution is 8.09. The molecule has 0 spiro atoms. The maximum Gasteiger partial charge on any atom is 0.334 e. The number of carboxylic acid groups (broad SMARTS) is 2. The van der Waals surface area contributed by atoms with Gasteiger partial charge in [-0.1, -0.05) is 49.6 Å². The summed E-state index contributed by atoms with van der Waals surface area (Å²) in [5.41, 5.74) is -0.123. The standard InChI is InChI=1S/C34H40O8S6/c1-23(13-31(35)36)33(39)41-25(17-45-27-9-5-3-6-10-27)15-43-19-29-21-48-30(22-47-29)20-44-16-26(18-46-28-11-7-4-8-12-28)42-34(40)24(2)14-32(37)38/h3-12,25-26,29-30H,1-2,13-22H2,(H,35,36)(H,37,38). The minimum absolute atomic E-state index is 0.0616. The fraction of sp³-hybridized carbons (Fsp3) is 0.412. The molecule has 260 valence electrons. The second-order valence-corrected chi connectivity index (χ2v) is 17.6. The van der Waals surface area contributed by atoms with Gasteiger partial charge in [0.25, 0.3) is 0 Å². The zero-order valence-electron chi connectivity index (χ0n) is 26.4. The van der Waals surface area contributed by atoms with Gasteiger partial charge in [-0.2, -0.15) is 47.0 Å². The Hall–Kier alpha value is -2.10. The fourth-order valence-corrected chi connectivity index (χ4v) is 12.2. The summed E-state index contributed by atoms with van der Waals surface area (Å²) in [6.45, 7) is 7.17. The van der Waals surface area contributed by atoms with Crippen LogP contribution in [0.4, 0.5) is 0 Å². The van der Waals surface area contributed by atoms with Gasteiger partial charge in [0.05, 0.1) is 12.8 Å². The van der Waals surface area contributed by atoms with E-state index in [1.54, 1.807) is 47.0 Å². The van der Waals surface area contributed by atoms with E-state index < -0.39 is 36.7 Å². The molecule has 2 aromatic carbocycles. The van der Waals surface area contributed by atoms with Crippen LogP contribution in [0.3, 0.4) is 0 Å². The minimum Gasteiger partial charge on any atom is -0.481 e. The number of hydrogen-bond donors (Lipinski definition) is 2. The molecule has 1 aliphatic heterocycles. The van der Waals surface area contributed by atoms with Crippen LogP contribution in [0.5, 0.6) is 0 Å². The van der Waals surface area contributed by atoms with Crippen LogP contribution in [-0.2, 0) is 28.7 Å². The second-order valence-electron chi connectivity index (χ2n) is 10.6. The molecule has 2 aromatic rings. The first-order valence-corrected chi connectivity index (χ1v) is 21.4. The molecular weight excluding hydrogens is 729 g/mol. The number of esters is 2. The van der Waals surface area contributed by atoms with Gasteiger partial charge in [-0.15, -0.1) is 23.5 Å². The minimum atomic E-state index is -1.12. The number of carbonyl (C=O) groups is 4. The van der Waals surface area contributed by atoms with Crippen LogP contribution < -0.4 is 0 Å². The molecule has 8 nitrogen and oxygen atoms in total. The van der Waals surface area contributed by atoms with Crippen molar-refractivity contribution in [2.45, 2.75) is 45.3 Å². The van der Waals surface area contributed by atoms with E-state index in [0.29, 0.717) is 33.5 Å². The third-order valence-electron chi connectivity index (χ3n) is 6.46. The van der Waals surface area contributed by atoms with E-state index in [1.165, 1.54) is 0 Å². The molecule has 0 bridgehead atoms. The quantitative estimate of drug-likeness (QED) is 0.0716. The van der Waals surface area contributed by atoms with Crippen LogP contribution >= 0.6 is 70.6 Å². The van der Waals surface area contributed by atoms with Gasteiger partial charge in [-0.25, -0.2) is 9.59 Å². The van der Waals surface area contributed by atoms with Crippen molar-refractivity contribution in [3.05, 3.63) is 85.0 Å². The summed E-state index contributed by atoms with van der Waals surface area (Å²) in [5.74, 6) is 2.58. The summed E-state index contributed by atoms with van der Waals surface area (Å²) in [7, 11) is 0. The zero-order chi connectivity index (χ0) is 34.7. The molecule has 1 fully saturated rings. The molecule has 14 heteroatoms. The van der Waals surface area contributed by atoms with Crippen LogP contribution in [-0.4, -0.2) is 103 Å². The number of thioether (sulfide) groups is 6. The zero-order valence-corrected chi connectivity index (χ0v) is 31.3. The Balaban J connectivity index is 1.41. The lowest BCUT2D eigenvalue weighted by atomic mass is 10.2. The van der Waals surface area contributed by atoms with Crippen LogP contribution in [0.1, 0.15) is 12.8 Å². The molecule has 1 heterocycles. The smallest absolute Gasteiger partial charge is 0.334 e. The van der Waals surface area contributed by atoms with Crippen molar-refractivity contribution in [1.82, 2.24) is 0 Å². The van der Waals surface area contributed by atoms with Gasteiger partial charge in [-0.3, -0.25) is 9.59 Å². The second kappa shape index (κ2) is 22.6. The molecule has 0 aromatic heterocycles. The number of aliphatic carboxylic acids is 2. The SMILES string of the molecule is C=C(CC(=O)O)C(=O)OC(CSCC1CSC(CSCC(CSc2ccccc2)OC(=O)C(=C)CC(=O)O)CS1)CSc1ccccc1. The normalized spacial score (nSPS) is 17.1. The summed E-state index contributed by atoms with van der Waals surface area (Å²) in [6, 6.07) is 19.7. The molecule has 0 radical (unpaired) electrons. The van der Waals surface area contributed by atoms with Gasteiger partial charge in [0.1, 0.15) is 12.2 Å². The molecule has 1 saturated heterocycles. The molecular formula is C34H40O8S6. The predicted molar refractivity (Wildman–Crippen MR) is 204 cm³/mol. The van der Waals surface area contributed by atoms with Crippen molar-refractivity contribution in [3.63, 3.8) is 0 Å². The Bertz CT molecular complexity index is 1250. The number of hydrogen-bond acceptors (Lipinski definition) is 12. The van der Waals surface area contributed by atoms with E-state index >= 15 is 0 Å². The molecule has 3 rings (SSSR count). The van der Waals surface area contributed by atoms with Crippen molar-refractivity contribution >= 4 is 94.4 Å². The van der Waals surface area contributed by atoms with E-state index in [1.807, 2.05) is 84.2 Å². The maximum absolute atomic E-state index is 12.5. The lowest BCUT2D eigenvalue weighted by Crippen LogP contribution is -2.28. The third-order valence-corrected chi connectivity index (χ3v) is 14.9. The Labute approximate surface area is 307 Å². The Kier molecular flexibility index (Phi) is 19.0. The van der Waals surface area contributed by atoms with Crippen molar-refractivity contribution in [2.75, 3.05) is 46.0 Å². The van der Waals surface area contributed by atoms with Crippen molar-refractivity contribution < 1.29 is 38.9 Å². The number of carbonyl (C=O) groups excluding carboxylic acids is 2. The van der Waals surface area contributed by atoms with Crippen molar-refractivity contribution in [2.24, 2.45) is 0 Å². The summed E-state index contributed by atoms with van der Waals surface area (Å²) in [5, 5.41) is 18.9. The number of carboxylic acids is 2. The Morgan fingerprint density at radius 2 is 1.04 bits per heavy atom. The van der Waals surface area contributed by atoms with E-state index in [0.717, 1.165) is 32.8 Å². The average molecular weight is 769 g/mol. The number of rotatable bonds is 22. The van der Waals surface area contributed by atoms with Gasteiger partial charge < -0.3 is 19.7 Å². The molecule has 0 aliphatic carbocycles. The summed E-state index contributed by atoms with van der Waals surface area (Å²) < 4.78 is 11.4. The monoisotopic (exact) mass is 768 g/mol. The van der Waals surface area contributed by atoms with Gasteiger partial charge in [0, 0.05) is 77.5 Å². The van der Waals surface area contributed by atoms with Crippen LogP contribution in [0.15, 0.2) is 94.8 Å². The van der Waals surface area contributed by atoms with Gasteiger partial charge in [0.2, 0.25) is 0 Å². The molecule has 0 saturated carbocycles. The molecule has 4 unspecified atom stereocenters. The van der Waals surface area contributed by atoms with Gasteiger partial charge in [-0.05, 0) is 24.3 Å². The molecule has 48 heavy (non-hydrogen) atoms. The summed E-state index contributed by atoms with van der Waals surface area (Å²) in [6.07, 6.45) is -1.65. The highest BCUT2D eigenvalue weighted by Crippen LogP contribution is 2.34. The topological polar surface area (TPSA) is 127 Å². The van der Waals surface area contributed by atoms with Crippen molar-refractivity contribution in [3.8, 4) is 0 Å². The maximum atomic E-state index is 12.5. The van der Waals surface area contributed by atoms with Crippen molar-refractivity contribution in [1.29, 1.82) is 0 Å². The Morgan fingerprint density at radius 3 is 1.38 bits per heavy atom.